The Hall–Kier alpha value is -3.68. The second kappa shape index (κ2) is 9.17. The van der Waals surface area contributed by atoms with Gasteiger partial charge >= 0.3 is 5.97 Å². The zero-order chi connectivity index (χ0) is 24.7. The molecule has 2 aromatic carbocycles. The lowest BCUT2D eigenvalue weighted by molar-refractivity contribution is -0.143. The van der Waals surface area contributed by atoms with E-state index in [4.69, 9.17) is 14.2 Å². The van der Waals surface area contributed by atoms with E-state index >= 15 is 0 Å². The van der Waals surface area contributed by atoms with Crippen LogP contribution in [0.3, 0.4) is 0 Å². The Labute approximate surface area is 202 Å². The molecule has 0 aliphatic heterocycles. The van der Waals surface area contributed by atoms with Gasteiger partial charge in [0.2, 0.25) is 0 Å². The van der Waals surface area contributed by atoms with Gasteiger partial charge in [-0.25, -0.2) is 9.37 Å². The van der Waals surface area contributed by atoms with Crippen molar-refractivity contribution < 1.29 is 23.6 Å². The van der Waals surface area contributed by atoms with Crippen molar-refractivity contribution in [3.8, 4) is 16.9 Å². The molecule has 1 aliphatic rings. The second-order valence-corrected chi connectivity index (χ2v) is 9.28. The smallest absolute Gasteiger partial charge is 0.306 e. The lowest BCUT2D eigenvalue weighted by Crippen LogP contribution is -2.24. The van der Waals surface area contributed by atoms with Gasteiger partial charge in [0.25, 0.3) is 0 Å². The fourth-order valence-electron chi connectivity index (χ4n) is 5.37. The number of ether oxygens (including phenoxy) is 1. The summed E-state index contributed by atoms with van der Waals surface area (Å²) in [7, 11) is 1.57. The Morgan fingerprint density at radius 2 is 1.94 bits per heavy atom. The van der Waals surface area contributed by atoms with Crippen LogP contribution in [-0.4, -0.2) is 32.9 Å². The van der Waals surface area contributed by atoms with Crippen LogP contribution < -0.4 is 4.74 Å². The zero-order valence-corrected chi connectivity index (χ0v) is 20.0. The van der Waals surface area contributed by atoms with Crippen molar-refractivity contribution >= 4 is 17.0 Å². The van der Waals surface area contributed by atoms with E-state index < -0.39 is 5.97 Å². The minimum absolute atomic E-state index is 0.120. The Balaban J connectivity index is 1.60. The van der Waals surface area contributed by atoms with Gasteiger partial charge in [-0.1, -0.05) is 11.2 Å². The molecule has 1 fully saturated rings. The minimum atomic E-state index is -0.729. The zero-order valence-electron chi connectivity index (χ0n) is 20.0. The molecule has 2 aromatic heterocycles. The van der Waals surface area contributed by atoms with Crippen molar-refractivity contribution in [3.63, 3.8) is 0 Å². The summed E-state index contributed by atoms with van der Waals surface area (Å²) in [6, 6.07) is 10.8. The van der Waals surface area contributed by atoms with E-state index in [9.17, 15) is 14.3 Å². The molecule has 7 nitrogen and oxygen atoms in total. The highest BCUT2D eigenvalue weighted by molar-refractivity contribution is 5.84. The molecule has 2 heterocycles. The number of methoxy groups -OCH3 is 1. The number of aliphatic carboxylic acids is 1. The van der Waals surface area contributed by atoms with Gasteiger partial charge in [0.15, 0.2) is 0 Å². The number of halogens is 1. The summed E-state index contributed by atoms with van der Waals surface area (Å²) in [6.45, 7) is 3.80. The van der Waals surface area contributed by atoms with E-state index in [1.165, 1.54) is 12.1 Å². The van der Waals surface area contributed by atoms with Gasteiger partial charge in [0.05, 0.1) is 29.8 Å². The molecule has 0 bridgehead atoms. The van der Waals surface area contributed by atoms with Crippen molar-refractivity contribution in [1.82, 2.24) is 14.7 Å². The molecule has 1 saturated carbocycles. The van der Waals surface area contributed by atoms with E-state index in [2.05, 4.69) is 15.8 Å². The Kier molecular flexibility index (Phi) is 6.05. The first-order valence-electron chi connectivity index (χ1n) is 11.8. The van der Waals surface area contributed by atoms with Crippen molar-refractivity contribution in [2.75, 3.05) is 7.11 Å². The number of carboxylic acids is 1. The van der Waals surface area contributed by atoms with Gasteiger partial charge in [0.1, 0.15) is 23.2 Å². The number of nitrogens with zero attached hydrogens (tertiary/aromatic N) is 3. The van der Waals surface area contributed by atoms with Gasteiger partial charge in [0, 0.05) is 23.6 Å². The maximum atomic E-state index is 14.1. The van der Waals surface area contributed by atoms with Crippen LogP contribution in [0.5, 0.6) is 5.75 Å². The molecule has 0 atom stereocenters. The lowest BCUT2D eigenvalue weighted by Gasteiger charge is -2.29. The monoisotopic (exact) mass is 477 g/mol. The number of benzene rings is 2. The topological polar surface area (TPSA) is 90.4 Å². The molecule has 8 heteroatoms. The van der Waals surface area contributed by atoms with Gasteiger partial charge in [-0.2, -0.15) is 0 Å². The van der Waals surface area contributed by atoms with Crippen LogP contribution in [0.15, 0.2) is 40.9 Å². The van der Waals surface area contributed by atoms with Gasteiger partial charge in [-0.15, -0.1) is 0 Å². The number of hydrogen-bond donors (Lipinski definition) is 1. The van der Waals surface area contributed by atoms with Crippen LogP contribution in [0.4, 0.5) is 4.39 Å². The summed E-state index contributed by atoms with van der Waals surface area (Å²) in [4.78, 5) is 16.5. The number of carboxylic acid groups (broad SMARTS) is 1. The fourth-order valence-corrected chi connectivity index (χ4v) is 5.37. The van der Waals surface area contributed by atoms with E-state index in [0.29, 0.717) is 30.6 Å². The Morgan fingerprint density at radius 1 is 1.17 bits per heavy atom. The number of aromatic nitrogens is 3. The van der Waals surface area contributed by atoms with Crippen LogP contribution in [0.25, 0.3) is 22.2 Å². The molecule has 0 spiro atoms. The number of rotatable bonds is 6. The van der Waals surface area contributed by atoms with E-state index in [1.54, 1.807) is 13.2 Å². The molecule has 0 amide bonds. The molecule has 5 rings (SSSR count). The molecular formula is C27H28FN3O4. The summed E-state index contributed by atoms with van der Waals surface area (Å²) in [5.41, 5.74) is 5.27. The predicted molar refractivity (Wildman–Crippen MR) is 129 cm³/mol. The molecule has 0 radical (unpaired) electrons. The molecule has 0 saturated heterocycles. The maximum absolute atomic E-state index is 14.1. The first-order chi connectivity index (χ1) is 16.9. The highest BCUT2D eigenvalue weighted by Gasteiger charge is 2.29. The number of aryl methyl sites for hydroxylation is 2. The molecule has 1 N–H and O–H groups in total. The molecule has 0 unspecified atom stereocenters. The number of fused-ring (bicyclic) bond motifs is 1. The van der Waals surface area contributed by atoms with E-state index in [1.807, 2.05) is 26.0 Å². The summed E-state index contributed by atoms with van der Waals surface area (Å²) < 4.78 is 27.2. The molecule has 4 aromatic rings. The Bertz CT molecular complexity index is 1380. The van der Waals surface area contributed by atoms with E-state index in [-0.39, 0.29) is 17.8 Å². The number of imidazole rings is 1. The van der Waals surface area contributed by atoms with Crippen LogP contribution in [0.1, 0.15) is 54.6 Å². The van der Waals surface area contributed by atoms with Crippen LogP contribution >= 0.6 is 0 Å². The van der Waals surface area contributed by atoms with Crippen LogP contribution in [0, 0.1) is 25.6 Å². The molecule has 35 heavy (non-hydrogen) atoms. The second-order valence-electron chi connectivity index (χ2n) is 9.28. The third-order valence-corrected chi connectivity index (χ3v) is 7.09. The molecular weight excluding hydrogens is 449 g/mol. The van der Waals surface area contributed by atoms with Gasteiger partial charge in [-0.05, 0) is 75.4 Å². The van der Waals surface area contributed by atoms with E-state index in [0.717, 1.165) is 52.3 Å². The predicted octanol–water partition coefficient (Wildman–Crippen LogP) is 5.86. The normalized spacial score (nSPS) is 18.2. The molecule has 1 aliphatic carbocycles. The van der Waals surface area contributed by atoms with Gasteiger partial charge in [-0.3, -0.25) is 4.79 Å². The molecule has 182 valence electrons. The standard InChI is InChI=1S/C27H28FN3O4/c1-15-26(16(2)35-30-15)18-6-10-23-22(13-18)29-25(14-19-12-20(28)7-11-24(19)34-3)31(23)21-8-4-17(5-9-21)27(32)33/h6-7,10-13,17,21H,4-5,8-9,14H2,1-3H3,(H,32,33). The average molecular weight is 478 g/mol. The first kappa shape index (κ1) is 23.1. The lowest BCUT2D eigenvalue weighted by atomic mass is 9.86. The van der Waals surface area contributed by atoms with Gasteiger partial charge < -0.3 is 18.9 Å². The van der Waals surface area contributed by atoms with Crippen molar-refractivity contribution in [1.29, 1.82) is 0 Å². The summed E-state index contributed by atoms with van der Waals surface area (Å²) in [5.74, 6) is 0.797. The third kappa shape index (κ3) is 4.29. The number of carbonyl (C=O) groups is 1. The quantitative estimate of drug-likeness (QED) is 0.374. The van der Waals surface area contributed by atoms with Crippen molar-refractivity contribution in [2.45, 2.75) is 52.0 Å². The average Bonchev–Trinajstić information content (AvgIpc) is 3.37. The van der Waals surface area contributed by atoms with Crippen LogP contribution in [0.2, 0.25) is 0 Å². The number of hydrogen-bond acceptors (Lipinski definition) is 5. The fraction of sp³-hybridized carbons (Fsp3) is 0.370. The SMILES string of the molecule is COc1ccc(F)cc1Cc1nc2cc(-c3c(C)noc3C)ccc2n1C1CCC(C(=O)O)CC1. The van der Waals surface area contributed by atoms with Crippen molar-refractivity contribution in [2.24, 2.45) is 5.92 Å². The largest absolute Gasteiger partial charge is 0.496 e. The summed E-state index contributed by atoms with van der Waals surface area (Å²) in [6.07, 6.45) is 3.15. The van der Waals surface area contributed by atoms with Crippen molar-refractivity contribution in [3.05, 3.63) is 65.1 Å². The summed E-state index contributed by atoms with van der Waals surface area (Å²) >= 11 is 0. The maximum Gasteiger partial charge on any atom is 0.306 e. The third-order valence-electron chi connectivity index (χ3n) is 7.09. The highest BCUT2D eigenvalue weighted by atomic mass is 19.1. The summed E-state index contributed by atoms with van der Waals surface area (Å²) in [5, 5.41) is 13.5. The first-order valence-corrected chi connectivity index (χ1v) is 11.8. The minimum Gasteiger partial charge on any atom is -0.496 e. The van der Waals surface area contributed by atoms with Crippen LogP contribution in [-0.2, 0) is 11.2 Å². The Morgan fingerprint density at radius 3 is 2.60 bits per heavy atom. The highest BCUT2D eigenvalue weighted by Crippen LogP contribution is 2.38.